The maximum Gasteiger partial charge on any atom is 0.323 e. The first-order valence-electron chi connectivity index (χ1n) is 7.77. The van der Waals surface area contributed by atoms with Gasteiger partial charge in [0.1, 0.15) is 12.3 Å². The molecule has 1 aromatic carbocycles. The van der Waals surface area contributed by atoms with Gasteiger partial charge in [-0.2, -0.15) is 0 Å². The number of aliphatic carboxylic acids is 1. The SMILES string of the molecule is COc1ccc2c(CCN3CCCC3)cn(CC(=O)O)c2c1. The van der Waals surface area contributed by atoms with E-state index in [0.29, 0.717) is 0 Å². The number of carboxylic acid groups (broad SMARTS) is 1. The Balaban J connectivity index is 1.89. The van der Waals surface area contributed by atoms with E-state index in [4.69, 9.17) is 9.84 Å². The van der Waals surface area contributed by atoms with Crippen LogP contribution in [0.3, 0.4) is 0 Å². The van der Waals surface area contributed by atoms with Crippen molar-refractivity contribution in [2.45, 2.75) is 25.8 Å². The first-order chi connectivity index (χ1) is 10.7. The highest BCUT2D eigenvalue weighted by Gasteiger charge is 2.15. The van der Waals surface area contributed by atoms with Gasteiger partial charge < -0.3 is 19.3 Å². The topological polar surface area (TPSA) is 54.7 Å². The molecule has 2 aromatic rings. The number of rotatable bonds is 6. The van der Waals surface area contributed by atoms with Crippen molar-refractivity contribution in [3.05, 3.63) is 30.0 Å². The van der Waals surface area contributed by atoms with E-state index in [1.807, 2.05) is 24.4 Å². The predicted octanol–water partition coefficient (Wildman–Crippen LogP) is 2.37. The molecule has 0 saturated carbocycles. The van der Waals surface area contributed by atoms with Gasteiger partial charge >= 0.3 is 5.97 Å². The van der Waals surface area contributed by atoms with E-state index >= 15 is 0 Å². The van der Waals surface area contributed by atoms with Crippen molar-refractivity contribution in [1.82, 2.24) is 9.47 Å². The quantitative estimate of drug-likeness (QED) is 0.890. The molecule has 5 nitrogen and oxygen atoms in total. The first-order valence-corrected chi connectivity index (χ1v) is 7.77. The fraction of sp³-hybridized carbons (Fsp3) is 0.471. The largest absolute Gasteiger partial charge is 0.497 e. The fourth-order valence-corrected chi connectivity index (χ4v) is 3.24. The summed E-state index contributed by atoms with van der Waals surface area (Å²) in [6, 6.07) is 5.89. The molecular weight excluding hydrogens is 280 g/mol. The molecule has 1 saturated heterocycles. The zero-order chi connectivity index (χ0) is 15.5. The molecule has 1 aromatic heterocycles. The summed E-state index contributed by atoms with van der Waals surface area (Å²) < 4.78 is 7.07. The van der Waals surface area contributed by atoms with Crippen molar-refractivity contribution in [2.24, 2.45) is 0 Å². The van der Waals surface area contributed by atoms with Crippen molar-refractivity contribution in [3.63, 3.8) is 0 Å². The Kier molecular flexibility index (Phi) is 4.34. The molecule has 0 aliphatic carbocycles. The van der Waals surface area contributed by atoms with Crippen LogP contribution >= 0.6 is 0 Å². The number of carboxylic acids is 1. The third-order valence-electron chi connectivity index (χ3n) is 4.37. The molecule has 1 N–H and O–H groups in total. The molecule has 3 rings (SSSR count). The Hall–Kier alpha value is -2.01. The lowest BCUT2D eigenvalue weighted by Gasteiger charge is -2.13. The van der Waals surface area contributed by atoms with E-state index < -0.39 is 5.97 Å². The maximum atomic E-state index is 11.1. The average Bonchev–Trinajstić information content (AvgIpc) is 3.12. The minimum Gasteiger partial charge on any atom is -0.497 e. The second-order valence-corrected chi connectivity index (χ2v) is 5.86. The highest BCUT2D eigenvalue weighted by molar-refractivity contribution is 5.86. The highest BCUT2D eigenvalue weighted by Crippen LogP contribution is 2.26. The van der Waals surface area contributed by atoms with Gasteiger partial charge in [-0.25, -0.2) is 0 Å². The molecule has 0 amide bonds. The Labute approximate surface area is 130 Å². The summed E-state index contributed by atoms with van der Waals surface area (Å²) >= 11 is 0. The molecule has 0 atom stereocenters. The molecule has 1 aliphatic heterocycles. The summed E-state index contributed by atoms with van der Waals surface area (Å²) in [6.45, 7) is 3.38. The number of aromatic nitrogens is 1. The number of ether oxygens (including phenoxy) is 1. The minimum atomic E-state index is -0.828. The number of likely N-dealkylation sites (tertiary alicyclic amines) is 1. The lowest BCUT2D eigenvalue weighted by molar-refractivity contribution is -0.137. The van der Waals surface area contributed by atoms with E-state index in [1.54, 1.807) is 11.7 Å². The predicted molar refractivity (Wildman–Crippen MR) is 85.5 cm³/mol. The zero-order valence-electron chi connectivity index (χ0n) is 12.9. The molecule has 22 heavy (non-hydrogen) atoms. The standard InChI is InChI=1S/C17H22N2O3/c1-22-14-4-5-15-13(6-9-18-7-2-3-8-18)11-19(12-17(20)21)16(15)10-14/h4-5,10-11H,2-3,6-9,12H2,1H3,(H,20,21). The second kappa shape index (κ2) is 6.40. The molecule has 0 unspecified atom stereocenters. The van der Waals surface area contributed by atoms with Crippen LogP contribution < -0.4 is 4.74 Å². The van der Waals surface area contributed by atoms with Gasteiger partial charge in [0.25, 0.3) is 0 Å². The number of carbonyl (C=O) groups is 1. The molecule has 2 heterocycles. The van der Waals surface area contributed by atoms with Crippen LogP contribution in [-0.4, -0.2) is 47.3 Å². The maximum absolute atomic E-state index is 11.1. The van der Waals surface area contributed by atoms with Crippen LogP contribution in [0.5, 0.6) is 5.75 Å². The molecule has 1 aliphatic rings. The van der Waals surface area contributed by atoms with Crippen LogP contribution in [0.4, 0.5) is 0 Å². The summed E-state index contributed by atoms with van der Waals surface area (Å²) in [5, 5.41) is 10.2. The average molecular weight is 302 g/mol. The van der Waals surface area contributed by atoms with Gasteiger partial charge in [0, 0.05) is 24.2 Å². The van der Waals surface area contributed by atoms with Crippen LogP contribution in [0.15, 0.2) is 24.4 Å². The van der Waals surface area contributed by atoms with Gasteiger partial charge in [0.2, 0.25) is 0 Å². The van der Waals surface area contributed by atoms with Gasteiger partial charge in [-0.15, -0.1) is 0 Å². The molecule has 0 spiro atoms. The van der Waals surface area contributed by atoms with Crippen molar-refractivity contribution >= 4 is 16.9 Å². The summed E-state index contributed by atoms with van der Waals surface area (Å²) in [5.41, 5.74) is 2.14. The van der Waals surface area contributed by atoms with Gasteiger partial charge in [0.15, 0.2) is 0 Å². The van der Waals surface area contributed by atoms with E-state index in [-0.39, 0.29) is 6.54 Å². The van der Waals surface area contributed by atoms with Crippen LogP contribution in [0.2, 0.25) is 0 Å². The number of benzene rings is 1. The Bertz CT molecular complexity index is 672. The van der Waals surface area contributed by atoms with E-state index in [2.05, 4.69) is 4.90 Å². The lowest BCUT2D eigenvalue weighted by atomic mass is 10.1. The Morgan fingerprint density at radius 2 is 2.09 bits per heavy atom. The molecule has 0 radical (unpaired) electrons. The van der Waals surface area contributed by atoms with E-state index in [1.165, 1.54) is 31.5 Å². The molecule has 118 valence electrons. The van der Waals surface area contributed by atoms with Crippen LogP contribution in [0.25, 0.3) is 10.9 Å². The van der Waals surface area contributed by atoms with Gasteiger partial charge in [-0.3, -0.25) is 4.79 Å². The molecular formula is C17H22N2O3. The smallest absolute Gasteiger partial charge is 0.323 e. The van der Waals surface area contributed by atoms with Crippen molar-refractivity contribution < 1.29 is 14.6 Å². The molecule has 5 heteroatoms. The van der Waals surface area contributed by atoms with Crippen molar-refractivity contribution in [2.75, 3.05) is 26.7 Å². The first kappa shape index (κ1) is 14.9. The number of hydrogen-bond donors (Lipinski definition) is 1. The summed E-state index contributed by atoms with van der Waals surface area (Å²) in [4.78, 5) is 13.6. The highest BCUT2D eigenvalue weighted by atomic mass is 16.5. The third-order valence-corrected chi connectivity index (χ3v) is 4.37. The van der Waals surface area contributed by atoms with E-state index in [9.17, 15) is 4.79 Å². The fourth-order valence-electron chi connectivity index (χ4n) is 3.24. The van der Waals surface area contributed by atoms with Crippen LogP contribution in [-0.2, 0) is 17.8 Å². The van der Waals surface area contributed by atoms with Gasteiger partial charge in [-0.1, -0.05) is 0 Å². The van der Waals surface area contributed by atoms with Crippen molar-refractivity contribution in [1.29, 1.82) is 0 Å². The minimum absolute atomic E-state index is 0.0205. The third kappa shape index (κ3) is 3.09. The molecule has 0 bridgehead atoms. The van der Waals surface area contributed by atoms with Gasteiger partial charge in [-0.05, 0) is 50.0 Å². The normalized spacial score (nSPS) is 15.5. The summed E-state index contributed by atoms with van der Waals surface area (Å²) in [7, 11) is 1.62. The van der Waals surface area contributed by atoms with Gasteiger partial charge in [0.05, 0.1) is 12.6 Å². The van der Waals surface area contributed by atoms with Crippen LogP contribution in [0.1, 0.15) is 18.4 Å². The zero-order valence-corrected chi connectivity index (χ0v) is 12.9. The monoisotopic (exact) mass is 302 g/mol. The van der Waals surface area contributed by atoms with E-state index in [0.717, 1.165) is 29.6 Å². The Morgan fingerprint density at radius 3 is 2.77 bits per heavy atom. The lowest BCUT2D eigenvalue weighted by Crippen LogP contribution is -2.21. The number of methoxy groups -OCH3 is 1. The second-order valence-electron chi connectivity index (χ2n) is 5.86. The summed E-state index contributed by atoms with van der Waals surface area (Å²) in [5.74, 6) is -0.0749. The Morgan fingerprint density at radius 1 is 1.32 bits per heavy atom. The number of hydrogen-bond acceptors (Lipinski definition) is 3. The summed E-state index contributed by atoms with van der Waals surface area (Å²) in [6.07, 6.45) is 5.51. The number of nitrogens with zero attached hydrogens (tertiary/aromatic N) is 2. The number of fused-ring (bicyclic) bond motifs is 1. The van der Waals surface area contributed by atoms with Crippen molar-refractivity contribution in [3.8, 4) is 5.75 Å². The molecule has 1 fully saturated rings. The van der Waals surface area contributed by atoms with Crippen LogP contribution in [0, 0.1) is 0 Å².